The molecule has 1 saturated heterocycles. The first kappa shape index (κ1) is 46.0. The number of hydrogen-bond acceptors (Lipinski definition) is 10. The number of nitrogens with zero attached hydrogens (tertiary/aromatic N) is 2. The van der Waals surface area contributed by atoms with Crippen LogP contribution >= 0.6 is 0 Å². The summed E-state index contributed by atoms with van der Waals surface area (Å²) in [6.07, 6.45) is 4.94. The maximum Gasteiger partial charge on any atom is 0.410 e. The monoisotopic (exact) mass is 815 g/mol. The van der Waals surface area contributed by atoms with Gasteiger partial charge in [0.25, 0.3) is 0 Å². The van der Waals surface area contributed by atoms with Crippen molar-refractivity contribution in [2.75, 3.05) is 19.7 Å². The molecule has 3 atom stereocenters. The molecule has 4 rings (SSSR count). The van der Waals surface area contributed by atoms with Crippen LogP contribution in [0.5, 0.6) is 5.75 Å². The molecule has 59 heavy (non-hydrogen) atoms. The Kier molecular flexibility index (Phi) is 17.1. The predicted molar refractivity (Wildman–Crippen MR) is 222 cm³/mol. The summed E-state index contributed by atoms with van der Waals surface area (Å²) in [4.78, 5) is 72.0. The number of carbonyl (C=O) groups is 5. The third-order valence-electron chi connectivity index (χ3n) is 9.46. The summed E-state index contributed by atoms with van der Waals surface area (Å²) in [5.74, 6) is -0.970. The van der Waals surface area contributed by atoms with Crippen molar-refractivity contribution < 1.29 is 42.9 Å². The maximum atomic E-state index is 13.9. The number of amides is 4. The molecule has 4 amide bonds. The first-order chi connectivity index (χ1) is 27.9. The van der Waals surface area contributed by atoms with Crippen molar-refractivity contribution in [3.8, 4) is 5.75 Å². The summed E-state index contributed by atoms with van der Waals surface area (Å²) in [6.45, 7) is 14.5. The lowest BCUT2D eigenvalue weighted by atomic mass is 9.95. The quantitative estimate of drug-likeness (QED) is 0.1000. The standard InChI is InChI=1S/C45H61N5O9/c1-31-15-17-36(56-25-21-33-14-11-24-50(29-33)43(55)59-45(5,6)7)26-35(31)28-47-40(52)37(18-16-32-19-22-46-23-20-32)48-41(53)38(27-39(51)58-44(2,3)4)49-42(54)57-30-34-12-9-8-10-13-34/h8-10,12-13,15,17,19-20,22-23,26,33,37-38H,11,14,16,18,21,24-25,27-30H2,1-7H3,(H,47,52)(H,48,53)(H,49,54). The van der Waals surface area contributed by atoms with E-state index in [2.05, 4.69) is 20.9 Å². The number of nitrogens with one attached hydrogen (secondary N) is 3. The molecular formula is C45H61N5O9. The normalized spacial score (nSPS) is 15.2. The summed E-state index contributed by atoms with van der Waals surface area (Å²) in [7, 11) is 0. The molecule has 0 bridgehead atoms. The Bertz CT molecular complexity index is 1840. The van der Waals surface area contributed by atoms with Crippen LogP contribution < -0.4 is 20.7 Å². The number of carbonyl (C=O) groups excluding carboxylic acids is 5. The molecule has 14 nitrogen and oxygen atoms in total. The number of ether oxygens (including phenoxy) is 4. The summed E-state index contributed by atoms with van der Waals surface area (Å²) in [5.41, 5.74) is 2.03. The second-order valence-electron chi connectivity index (χ2n) is 16.9. The van der Waals surface area contributed by atoms with Gasteiger partial charge < -0.3 is 39.8 Å². The Morgan fingerprint density at radius 1 is 0.847 bits per heavy atom. The van der Waals surface area contributed by atoms with E-state index in [-0.39, 0.29) is 25.7 Å². The van der Waals surface area contributed by atoms with Gasteiger partial charge in [0.1, 0.15) is 35.6 Å². The van der Waals surface area contributed by atoms with E-state index in [4.69, 9.17) is 18.9 Å². The second kappa shape index (κ2) is 21.9. The minimum atomic E-state index is -1.39. The first-order valence-corrected chi connectivity index (χ1v) is 20.3. The highest BCUT2D eigenvalue weighted by atomic mass is 16.6. The maximum absolute atomic E-state index is 13.9. The van der Waals surface area contributed by atoms with E-state index in [1.54, 1.807) is 62.3 Å². The minimum absolute atomic E-state index is 0.0504. The smallest absolute Gasteiger partial charge is 0.410 e. The van der Waals surface area contributed by atoms with Crippen molar-refractivity contribution in [3.05, 3.63) is 95.3 Å². The fourth-order valence-electron chi connectivity index (χ4n) is 6.44. The van der Waals surface area contributed by atoms with Crippen molar-refractivity contribution in [3.63, 3.8) is 0 Å². The second-order valence-corrected chi connectivity index (χ2v) is 16.9. The molecule has 1 fully saturated rings. The molecule has 2 heterocycles. The Morgan fingerprint density at radius 2 is 1.56 bits per heavy atom. The highest BCUT2D eigenvalue weighted by Gasteiger charge is 2.31. The zero-order valence-electron chi connectivity index (χ0n) is 35.5. The summed E-state index contributed by atoms with van der Waals surface area (Å²) >= 11 is 0. The van der Waals surface area contributed by atoms with Gasteiger partial charge in [-0.25, -0.2) is 9.59 Å². The molecule has 1 aromatic heterocycles. The van der Waals surface area contributed by atoms with Crippen molar-refractivity contribution in [2.24, 2.45) is 5.92 Å². The number of aromatic nitrogens is 1. The van der Waals surface area contributed by atoms with Crippen molar-refractivity contribution in [1.82, 2.24) is 25.8 Å². The van der Waals surface area contributed by atoms with Crippen LogP contribution in [-0.4, -0.2) is 82.8 Å². The average Bonchev–Trinajstić information content (AvgIpc) is 3.18. The van der Waals surface area contributed by atoms with Crippen LogP contribution in [0.15, 0.2) is 73.1 Å². The fourth-order valence-corrected chi connectivity index (χ4v) is 6.44. The number of piperidine rings is 1. The Labute approximate surface area is 348 Å². The molecule has 320 valence electrons. The van der Waals surface area contributed by atoms with Crippen LogP contribution in [-0.2, 0) is 48.2 Å². The zero-order chi connectivity index (χ0) is 43.0. The number of likely N-dealkylation sites (tertiary alicyclic amines) is 1. The predicted octanol–water partition coefficient (Wildman–Crippen LogP) is 6.57. The zero-order valence-corrected chi connectivity index (χ0v) is 35.5. The highest BCUT2D eigenvalue weighted by molar-refractivity contribution is 5.93. The van der Waals surface area contributed by atoms with Crippen LogP contribution in [0.4, 0.5) is 9.59 Å². The Hall–Kier alpha value is -5.66. The van der Waals surface area contributed by atoms with Gasteiger partial charge in [0.05, 0.1) is 13.0 Å². The molecule has 1 aliphatic rings. The number of esters is 1. The van der Waals surface area contributed by atoms with Crippen molar-refractivity contribution in [1.29, 1.82) is 0 Å². The summed E-state index contributed by atoms with van der Waals surface area (Å²) in [5, 5.41) is 8.23. The van der Waals surface area contributed by atoms with Gasteiger partial charge in [-0.1, -0.05) is 36.4 Å². The van der Waals surface area contributed by atoms with E-state index in [1.165, 1.54) is 0 Å². The summed E-state index contributed by atoms with van der Waals surface area (Å²) in [6, 6.07) is 15.9. The van der Waals surface area contributed by atoms with E-state index in [9.17, 15) is 24.0 Å². The van der Waals surface area contributed by atoms with Gasteiger partial charge in [-0.2, -0.15) is 0 Å². The van der Waals surface area contributed by atoms with Crippen LogP contribution in [0, 0.1) is 12.8 Å². The van der Waals surface area contributed by atoms with Gasteiger partial charge in [0.2, 0.25) is 11.8 Å². The lowest BCUT2D eigenvalue weighted by Crippen LogP contribution is -2.54. The van der Waals surface area contributed by atoms with Crippen molar-refractivity contribution in [2.45, 2.75) is 123 Å². The van der Waals surface area contributed by atoms with E-state index in [1.807, 2.05) is 64.1 Å². The molecule has 0 saturated carbocycles. The number of hydrogen-bond donors (Lipinski definition) is 3. The van der Waals surface area contributed by atoms with Gasteiger partial charge in [0.15, 0.2) is 0 Å². The van der Waals surface area contributed by atoms with Gasteiger partial charge in [-0.15, -0.1) is 0 Å². The molecule has 3 unspecified atom stereocenters. The number of alkyl carbamates (subject to hydrolysis) is 1. The Morgan fingerprint density at radius 3 is 2.25 bits per heavy atom. The lowest BCUT2D eigenvalue weighted by Gasteiger charge is -2.34. The molecule has 0 spiro atoms. The molecule has 3 N–H and O–H groups in total. The molecule has 3 aromatic rings. The van der Waals surface area contributed by atoms with Gasteiger partial charge >= 0.3 is 18.2 Å². The number of benzene rings is 2. The third-order valence-corrected chi connectivity index (χ3v) is 9.46. The number of rotatable bonds is 17. The lowest BCUT2D eigenvalue weighted by molar-refractivity contribution is -0.156. The van der Waals surface area contributed by atoms with Crippen LogP contribution in [0.2, 0.25) is 0 Å². The van der Waals surface area contributed by atoms with Gasteiger partial charge in [-0.05, 0) is 133 Å². The van der Waals surface area contributed by atoms with E-state index >= 15 is 0 Å². The molecule has 14 heteroatoms. The molecule has 2 aromatic carbocycles. The van der Waals surface area contributed by atoms with Crippen LogP contribution in [0.1, 0.15) is 95.9 Å². The minimum Gasteiger partial charge on any atom is -0.494 e. The first-order valence-electron chi connectivity index (χ1n) is 20.3. The van der Waals surface area contributed by atoms with E-state index in [0.29, 0.717) is 37.8 Å². The number of aryl methyl sites for hydroxylation is 2. The van der Waals surface area contributed by atoms with E-state index in [0.717, 1.165) is 41.5 Å². The van der Waals surface area contributed by atoms with Crippen LogP contribution in [0.25, 0.3) is 0 Å². The topological polar surface area (TPSA) is 174 Å². The summed E-state index contributed by atoms with van der Waals surface area (Å²) < 4.78 is 22.5. The number of pyridine rings is 1. The highest BCUT2D eigenvalue weighted by Crippen LogP contribution is 2.24. The molecule has 0 radical (unpaired) electrons. The third kappa shape index (κ3) is 17.0. The van der Waals surface area contributed by atoms with Gasteiger partial charge in [0, 0.05) is 32.0 Å². The molecule has 1 aliphatic heterocycles. The fraction of sp³-hybridized carbons (Fsp3) is 0.511. The largest absolute Gasteiger partial charge is 0.494 e. The van der Waals surface area contributed by atoms with E-state index < -0.39 is 53.6 Å². The van der Waals surface area contributed by atoms with Gasteiger partial charge in [-0.3, -0.25) is 19.4 Å². The molecule has 0 aliphatic carbocycles. The van der Waals surface area contributed by atoms with Crippen LogP contribution in [0.3, 0.4) is 0 Å². The Balaban J connectivity index is 1.40. The average molecular weight is 816 g/mol. The van der Waals surface area contributed by atoms with Crippen molar-refractivity contribution >= 4 is 30.0 Å². The SMILES string of the molecule is Cc1ccc(OCCC2CCCN(C(=O)OC(C)(C)C)C2)cc1CNC(=O)C(CCc1ccncc1)NC(=O)C(CC(=O)OC(C)(C)C)NC(=O)OCc1ccccc1. The molecular weight excluding hydrogens is 755 g/mol.